The number of hydrogen-bond acceptors (Lipinski definition) is 5. The van der Waals surface area contributed by atoms with Gasteiger partial charge in [-0.2, -0.15) is 0 Å². The molecule has 1 aliphatic heterocycles. The van der Waals surface area contributed by atoms with E-state index >= 15 is 0 Å². The fourth-order valence-corrected chi connectivity index (χ4v) is 3.31. The molecule has 0 radical (unpaired) electrons. The molecule has 0 saturated carbocycles. The number of benzene rings is 1. The van der Waals surface area contributed by atoms with Gasteiger partial charge in [-0.15, -0.1) is 11.3 Å². The third kappa shape index (κ3) is 4.33. The van der Waals surface area contributed by atoms with Gasteiger partial charge in [-0.3, -0.25) is 4.79 Å². The number of nitrogens with one attached hydrogen (secondary N) is 1. The molecule has 0 aliphatic carbocycles. The molecule has 0 spiro atoms. The van der Waals surface area contributed by atoms with Gasteiger partial charge >= 0.3 is 0 Å². The van der Waals surface area contributed by atoms with E-state index in [1.165, 1.54) is 0 Å². The second-order valence-electron chi connectivity index (χ2n) is 5.98. The van der Waals surface area contributed by atoms with Gasteiger partial charge in [0.15, 0.2) is 0 Å². The molecule has 1 aliphatic rings. The smallest absolute Gasteiger partial charge is 0.251 e. The number of thiazole rings is 1. The second-order valence-corrected chi connectivity index (χ2v) is 7.05. The zero-order valence-electron chi connectivity index (χ0n) is 14.0. The lowest BCUT2D eigenvalue weighted by Gasteiger charge is -2.20. The monoisotopic (exact) mass is 346 g/mol. The molecule has 5 nitrogen and oxygen atoms in total. The largest absolute Gasteiger partial charge is 0.487 e. The standard InChI is InChI=1S/C18H22N2O3S/c1-12(17-4-3-9-22-17)19-18(21)14-5-7-16(8-6-14)23-10-15-11-24-13(2)20-15/h5-8,11-12,17H,3-4,9-10H2,1-2H3,(H,19,21)/t12-,17-/m1/s1. The summed E-state index contributed by atoms with van der Waals surface area (Å²) in [6, 6.07) is 7.19. The van der Waals surface area contributed by atoms with E-state index in [1.807, 2.05) is 31.4 Å². The highest BCUT2D eigenvalue weighted by Crippen LogP contribution is 2.18. The first-order valence-corrected chi connectivity index (χ1v) is 9.06. The average molecular weight is 346 g/mol. The van der Waals surface area contributed by atoms with Crippen molar-refractivity contribution in [2.24, 2.45) is 0 Å². The van der Waals surface area contributed by atoms with Gasteiger partial charge in [0.1, 0.15) is 12.4 Å². The van der Waals surface area contributed by atoms with E-state index in [1.54, 1.807) is 23.5 Å². The van der Waals surface area contributed by atoms with E-state index in [0.29, 0.717) is 12.2 Å². The SMILES string of the molecule is Cc1nc(COc2ccc(C(=O)N[C@H](C)[C@H]3CCCO3)cc2)cs1. The Bertz CT molecular complexity index is 678. The van der Waals surface area contributed by atoms with Crippen molar-refractivity contribution >= 4 is 17.2 Å². The van der Waals surface area contributed by atoms with Gasteiger partial charge in [0.2, 0.25) is 0 Å². The number of ether oxygens (including phenoxy) is 2. The van der Waals surface area contributed by atoms with Gasteiger partial charge in [-0.1, -0.05) is 0 Å². The number of aryl methyl sites for hydroxylation is 1. The first kappa shape index (κ1) is 16.9. The molecule has 1 fully saturated rings. The topological polar surface area (TPSA) is 60.5 Å². The van der Waals surface area contributed by atoms with Gasteiger partial charge in [0.05, 0.1) is 22.8 Å². The fraction of sp³-hybridized carbons (Fsp3) is 0.444. The summed E-state index contributed by atoms with van der Waals surface area (Å²) in [6.45, 7) is 5.18. The highest BCUT2D eigenvalue weighted by atomic mass is 32.1. The minimum Gasteiger partial charge on any atom is -0.487 e. The molecule has 24 heavy (non-hydrogen) atoms. The number of carbonyl (C=O) groups is 1. The maximum Gasteiger partial charge on any atom is 0.251 e. The van der Waals surface area contributed by atoms with Crippen LogP contribution in [0.25, 0.3) is 0 Å². The molecular weight excluding hydrogens is 324 g/mol. The Morgan fingerprint density at radius 1 is 1.46 bits per heavy atom. The Morgan fingerprint density at radius 2 is 2.25 bits per heavy atom. The summed E-state index contributed by atoms with van der Waals surface area (Å²) in [7, 11) is 0. The Balaban J connectivity index is 1.52. The predicted octanol–water partition coefficient (Wildman–Crippen LogP) is 3.33. The number of hydrogen-bond donors (Lipinski definition) is 1. The molecule has 2 heterocycles. The summed E-state index contributed by atoms with van der Waals surface area (Å²) >= 11 is 1.61. The first-order valence-electron chi connectivity index (χ1n) is 8.18. The zero-order valence-corrected chi connectivity index (χ0v) is 14.8. The molecule has 1 aromatic carbocycles. The Labute approximate surface area is 146 Å². The summed E-state index contributed by atoms with van der Waals surface area (Å²) in [5.74, 6) is 0.643. The molecule has 1 N–H and O–H groups in total. The summed E-state index contributed by atoms with van der Waals surface area (Å²) in [4.78, 5) is 16.6. The van der Waals surface area contributed by atoms with Crippen LogP contribution in [-0.2, 0) is 11.3 Å². The van der Waals surface area contributed by atoms with Crippen LogP contribution in [-0.4, -0.2) is 29.6 Å². The number of carbonyl (C=O) groups excluding carboxylic acids is 1. The van der Waals surface area contributed by atoms with E-state index < -0.39 is 0 Å². The number of amides is 1. The number of nitrogens with zero attached hydrogens (tertiary/aromatic N) is 1. The van der Waals surface area contributed by atoms with Crippen molar-refractivity contribution in [1.82, 2.24) is 10.3 Å². The third-order valence-electron chi connectivity index (χ3n) is 4.05. The van der Waals surface area contributed by atoms with Crippen LogP contribution in [0.2, 0.25) is 0 Å². The van der Waals surface area contributed by atoms with E-state index in [-0.39, 0.29) is 18.1 Å². The minimum atomic E-state index is -0.0836. The molecule has 2 atom stereocenters. The van der Waals surface area contributed by atoms with Crippen LogP contribution < -0.4 is 10.1 Å². The van der Waals surface area contributed by atoms with Crippen molar-refractivity contribution in [3.63, 3.8) is 0 Å². The molecule has 0 unspecified atom stereocenters. The maximum atomic E-state index is 12.3. The van der Waals surface area contributed by atoms with E-state index in [2.05, 4.69) is 10.3 Å². The lowest BCUT2D eigenvalue weighted by atomic mass is 10.1. The molecular formula is C18H22N2O3S. The van der Waals surface area contributed by atoms with Crippen LogP contribution in [0.1, 0.15) is 40.8 Å². The van der Waals surface area contributed by atoms with Crippen molar-refractivity contribution in [3.8, 4) is 5.75 Å². The quantitative estimate of drug-likeness (QED) is 0.871. The number of rotatable bonds is 6. The van der Waals surface area contributed by atoms with Crippen molar-refractivity contribution in [3.05, 3.63) is 45.9 Å². The average Bonchev–Trinajstić information content (AvgIpc) is 3.25. The van der Waals surface area contributed by atoms with Crippen molar-refractivity contribution < 1.29 is 14.3 Å². The fourth-order valence-electron chi connectivity index (χ4n) is 2.71. The van der Waals surface area contributed by atoms with Crippen LogP contribution >= 0.6 is 11.3 Å². The first-order chi connectivity index (χ1) is 11.6. The summed E-state index contributed by atoms with van der Waals surface area (Å²) in [5, 5.41) is 6.02. The van der Waals surface area contributed by atoms with Crippen molar-refractivity contribution in [1.29, 1.82) is 0 Å². The van der Waals surface area contributed by atoms with Gasteiger partial charge in [-0.05, 0) is 51.0 Å². The minimum absolute atomic E-state index is 0.0174. The highest BCUT2D eigenvalue weighted by molar-refractivity contribution is 7.09. The lowest BCUT2D eigenvalue weighted by molar-refractivity contribution is 0.0712. The van der Waals surface area contributed by atoms with Gasteiger partial charge < -0.3 is 14.8 Å². The second kappa shape index (κ2) is 7.77. The van der Waals surface area contributed by atoms with Gasteiger partial charge in [0.25, 0.3) is 5.91 Å². The Morgan fingerprint density at radius 3 is 2.88 bits per heavy atom. The molecule has 2 aromatic rings. The number of aromatic nitrogens is 1. The molecule has 1 saturated heterocycles. The highest BCUT2D eigenvalue weighted by Gasteiger charge is 2.23. The summed E-state index contributed by atoms with van der Waals surface area (Å²) in [6.07, 6.45) is 2.19. The van der Waals surface area contributed by atoms with Crippen LogP contribution in [0.4, 0.5) is 0 Å². The van der Waals surface area contributed by atoms with Gasteiger partial charge in [-0.25, -0.2) is 4.98 Å². The predicted molar refractivity (Wildman–Crippen MR) is 93.5 cm³/mol. The maximum absolute atomic E-state index is 12.3. The van der Waals surface area contributed by atoms with E-state index in [9.17, 15) is 4.79 Å². The molecule has 6 heteroatoms. The van der Waals surface area contributed by atoms with Crippen molar-refractivity contribution in [2.75, 3.05) is 6.61 Å². The van der Waals surface area contributed by atoms with Crippen molar-refractivity contribution in [2.45, 2.75) is 45.4 Å². The Kier molecular flexibility index (Phi) is 5.48. The molecule has 0 bridgehead atoms. The normalized spacial score (nSPS) is 18.3. The van der Waals surface area contributed by atoms with Gasteiger partial charge in [0, 0.05) is 17.6 Å². The van der Waals surface area contributed by atoms with Crippen LogP contribution in [0.15, 0.2) is 29.6 Å². The van der Waals surface area contributed by atoms with Crippen LogP contribution in [0.5, 0.6) is 5.75 Å². The zero-order chi connectivity index (χ0) is 16.9. The molecule has 128 valence electrons. The Hall–Kier alpha value is -1.92. The van der Waals surface area contributed by atoms with Crippen LogP contribution in [0, 0.1) is 6.92 Å². The summed E-state index contributed by atoms with van der Waals surface area (Å²) in [5.41, 5.74) is 1.54. The lowest BCUT2D eigenvalue weighted by Crippen LogP contribution is -2.40. The van der Waals surface area contributed by atoms with Crippen LogP contribution in [0.3, 0.4) is 0 Å². The van der Waals surface area contributed by atoms with E-state index in [4.69, 9.17) is 9.47 Å². The molecule has 3 rings (SSSR count). The summed E-state index contributed by atoms with van der Waals surface area (Å²) < 4.78 is 11.3. The third-order valence-corrected chi connectivity index (χ3v) is 4.87. The molecule has 1 aromatic heterocycles. The van der Waals surface area contributed by atoms with E-state index in [0.717, 1.165) is 35.9 Å². The molecule has 1 amide bonds.